The number of nitrogens with two attached hydrogens (primary N) is 4. The molecule has 13 N–H and O–H groups in total. The van der Waals surface area contributed by atoms with E-state index in [1.165, 1.54) is 71.2 Å². The normalized spacial score (nSPS) is 13.9. The summed E-state index contributed by atoms with van der Waals surface area (Å²) in [5.74, 6) is 2.70. The molecule has 0 spiro atoms. The Morgan fingerprint density at radius 3 is 1.73 bits per heavy atom. The molecule has 37 nitrogen and oxygen atoms in total. The molecule has 11 heterocycles. The maximum absolute atomic E-state index is 13.2. The lowest BCUT2D eigenvalue weighted by Gasteiger charge is -2.33. The molecule has 8 aromatic heterocycles. The first-order valence-electron chi connectivity index (χ1n) is 34.6. The fourth-order valence-electron chi connectivity index (χ4n) is 11.3. The maximum atomic E-state index is 13.2. The number of ether oxygens (including phenoxy) is 6. The molecule has 3 fully saturated rings. The third kappa shape index (κ3) is 21.1. The summed E-state index contributed by atoms with van der Waals surface area (Å²) < 4.78 is 153. The van der Waals surface area contributed by atoms with Gasteiger partial charge >= 0.3 is 18.7 Å². The van der Waals surface area contributed by atoms with E-state index in [0.717, 1.165) is 96.1 Å². The van der Waals surface area contributed by atoms with Crippen LogP contribution >= 0.6 is 22.7 Å². The molecular formula is C68H73F9N30O7S2. The van der Waals surface area contributed by atoms with Crippen LogP contribution < -0.4 is 83.2 Å². The van der Waals surface area contributed by atoms with Crippen LogP contribution in [0.5, 0.6) is 23.0 Å². The number of benzene rings is 4. The van der Waals surface area contributed by atoms with E-state index >= 15 is 0 Å². The van der Waals surface area contributed by atoms with Crippen LogP contribution in [0.1, 0.15) is 18.2 Å². The molecule has 612 valence electrons. The van der Waals surface area contributed by atoms with Crippen LogP contribution in [0.3, 0.4) is 0 Å². The topological polar surface area (TPSA) is 437 Å². The van der Waals surface area contributed by atoms with Crippen molar-refractivity contribution in [1.82, 2.24) is 88.9 Å². The number of hydrogen-bond acceptors (Lipinski definition) is 34. The summed E-state index contributed by atoms with van der Waals surface area (Å²) in [6, 6.07) is 25.9. The number of morpholine rings is 2. The third-order valence-corrected chi connectivity index (χ3v) is 18.3. The van der Waals surface area contributed by atoms with Gasteiger partial charge in [-0.3, -0.25) is 4.79 Å². The van der Waals surface area contributed by atoms with Crippen molar-refractivity contribution < 1.29 is 72.7 Å². The number of amides is 1. The van der Waals surface area contributed by atoms with Gasteiger partial charge < -0.3 is 97.5 Å². The molecule has 4 aromatic carbocycles. The summed E-state index contributed by atoms with van der Waals surface area (Å²) in [7, 11) is 6.56. The van der Waals surface area contributed by atoms with Gasteiger partial charge in [0.05, 0.1) is 81.8 Å². The summed E-state index contributed by atoms with van der Waals surface area (Å²) in [6.45, 7) is 9.79. The number of halogens is 9. The number of pyridine rings is 1. The second-order valence-electron chi connectivity index (χ2n) is 24.7. The van der Waals surface area contributed by atoms with Crippen molar-refractivity contribution in [3.05, 3.63) is 138 Å². The summed E-state index contributed by atoms with van der Waals surface area (Å²) in [5.41, 5.74) is 24.6. The van der Waals surface area contributed by atoms with E-state index in [2.05, 4.69) is 118 Å². The van der Waals surface area contributed by atoms with Gasteiger partial charge in [-0.25, -0.2) is 24.9 Å². The van der Waals surface area contributed by atoms with Gasteiger partial charge in [0.25, 0.3) is 0 Å². The Morgan fingerprint density at radius 1 is 0.509 bits per heavy atom. The lowest BCUT2D eigenvalue weighted by atomic mass is 10.1. The highest BCUT2D eigenvalue weighted by molar-refractivity contribution is 7.12. The van der Waals surface area contributed by atoms with E-state index < -0.39 is 41.6 Å². The number of nitrogens with zero attached hydrogens (tertiary/aromatic N) is 21. The predicted octanol–water partition coefficient (Wildman–Crippen LogP) is 9.82. The summed E-state index contributed by atoms with van der Waals surface area (Å²) >= 11 is 2.05. The summed E-state index contributed by atoms with van der Waals surface area (Å²) in [4.78, 5) is 57.2. The second kappa shape index (κ2) is 36.2. The number of nitrogens with one attached hydrogen (secondary N) is 5. The minimum Gasteiger partial charge on any atom is -0.497 e. The Hall–Kier alpha value is -13.4. The highest BCUT2D eigenvalue weighted by Crippen LogP contribution is 2.42. The van der Waals surface area contributed by atoms with Gasteiger partial charge in [-0.15, -0.1) is 56.2 Å². The van der Waals surface area contributed by atoms with Gasteiger partial charge in [0.1, 0.15) is 29.4 Å². The lowest BCUT2D eigenvalue weighted by molar-refractivity contribution is -0.274. The minimum absolute atomic E-state index is 0.0252. The third-order valence-electron chi connectivity index (χ3n) is 16.8. The largest absolute Gasteiger partial charge is 0.573 e. The zero-order valence-electron chi connectivity index (χ0n) is 61.9. The second-order valence-corrected chi connectivity index (χ2v) is 26.4. The fourth-order valence-corrected chi connectivity index (χ4v) is 12.7. The molecule has 0 atom stereocenters. The number of anilines is 16. The SMILES string of the molecule is CC(=O)Nc1cc(OC(F)(F)F)c(Nc2nc(N)n(-c3ccccn3)n2)cc1N1CCOCC1.COc1cc(N2CCOCC2)ccc1Nc1nc(N)n(-c2nc(C(F)(F)F)cs2)n1.COc1cc(Nc2nc(N)nn2-c2nccs2)cc(C(F)(F)F)c1.COc1ccccc1Nc1nc(N)n(-c2cc(N3CCN(C)CC3)ncn2)n1. The van der Waals surface area contributed by atoms with E-state index in [9.17, 15) is 44.3 Å². The molecular weight excluding hydrogens is 1580 g/mol. The average molecular weight is 1660 g/mol. The predicted molar refractivity (Wildman–Crippen MR) is 413 cm³/mol. The van der Waals surface area contributed by atoms with Crippen molar-refractivity contribution in [3.63, 3.8) is 0 Å². The number of methoxy groups -OCH3 is 3. The number of carbonyl (C=O) groups excluding carboxylic acids is 1. The lowest BCUT2D eigenvalue weighted by Crippen LogP contribution is -2.44. The Bertz CT molecular complexity index is 5280. The summed E-state index contributed by atoms with van der Waals surface area (Å²) in [6.07, 6.45) is -9.40. The van der Waals surface area contributed by atoms with Gasteiger partial charge in [0.15, 0.2) is 23.1 Å². The van der Waals surface area contributed by atoms with Crippen LogP contribution in [0.15, 0.2) is 127 Å². The number of hydrogen-bond donors (Lipinski definition) is 9. The van der Waals surface area contributed by atoms with E-state index in [-0.39, 0.29) is 69.6 Å². The van der Waals surface area contributed by atoms with Crippen molar-refractivity contribution >= 4 is 122 Å². The number of carbonyl (C=O) groups is 1. The zero-order chi connectivity index (χ0) is 82.4. The number of thiazole rings is 2. The van der Waals surface area contributed by atoms with Crippen molar-refractivity contribution in [2.45, 2.75) is 25.6 Å². The van der Waals surface area contributed by atoms with Crippen LogP contribution in [0.4, 0.5) is 133 Å². The van der Waals surface area contributed by atoms with Gasteiger partial charge in [-0.05, 0) is 61.6 Å². The van der Waals surface area contributed by atoms with Gasteiger partial charge in [-0.2, -0.15) is 65.0 Å². The quantitative estimate of drug-likeness (QED) is 0.0320. The van der Waals surface area contributed by atoms with Crippen molar-refractivity contribution in [1.29, 1.82) is 0 Å². The number of likely N-dealkylation sites (N-methyl/N-ethyl adjacent to an activating group) is 1. The number of alkyl halides is 9. The number of para-hydroxylation sites is 2. The van der Waals surface area contributed by atoms with Gasteiger partial charge in [-0.1, -0.05) is 18.2 Å². The Balaban J connectivity index is 0.000000144. The molecule has 48 heteroatoms. The van der Waals surface area contributed by atoms with Crippen LogP contribution in [0.2, 0.25) is 0 Å². The monoisotopic (exact) mass is 1660 g/mol. The fraction of sp³-hybridized carbons (Fsp3) is 0.294. The van der Waals surface area contributed by atoms with E-state index in [4.69, 9.17) is 46.6 Å². The zero-order valence-corrected chi connectivity index (χ0v) is 63.5. The molecule has 0 saturated carbocycles. The number of piperazine rings is 1. The molecule has 116 heavy (non-hydrogen) atoms. The molecule has 12 aromatic rings. The van der Waals surface area contributed by atoms with Crippen molar-refractivity contribution in [2.75, 3.05) is 171 Å². The molecule has 0 aliphatic carbocycles. The van der Waals surface area contributed by atoms with E-state index in [1.54, 1.807) is 36.9 Å². The van der Waals surface area contributed by atoms with E-state index in [1.807, 2.05) is 53.4 Å². The van der Waals surface area contributed by atoms with Crippen LogP contribution in [0.25, 0.3) is 21.9 Å². The maximum Gasteiger partial charge on any atom is 0.573 e. The molecule has 0 unspecified atom stereocenters. The van der Waals surface area contributed by atoms with Crippen LogP contribution in [0, 0.1) is 0 Å². The molecule has 0 bridgehead atoms. The Labute approximate surface area is 660 Å². The number of rotatable bonds is 20. The Kier molecular flexibility index (Phi) is 25.6. The van der Waals surface area contributed by atoms with Crippen LogP contribution in [-0.2, 0) is 26.6 Å². The Morgan fingerprint density at radius 2 is 1.13 bits per heavy atom. The molecule has 3 aliphatic heterocycles. The molecule has 15 rings (SSSR count). The smallest absolute Gasteiger partial charge is 0.497 e. The standard InChI is InChI=1S/C20H21F3N8O3.C18H23N9O.C17H18F3N7O2S.C13H11F3N6OS/c1-12(32)26-13-11-16(34-20(21,22)23)14(10-15(13)30-6-8-33-9-7-30)27-19-28-18(24)31(29-19)17-4-2-3-5-25-17;1-25-7-9-26(10-8-25)15-11-16(21-12-20-15)27-17(19)23-18(24-27)22-13-5-3-4-6-14(13)28-2;1-28-12-8-10(26-4-6-29-7-5-26)2-3-11(12)22-15-24-14(21)27(25-15)16-23-13(9-30-16)17(18,19)20;1-23-9-5-7(13(14,15)16)4-8(6-9)19-11-20-10(17)21-22(11)12-18-2-3-24-12/h2-5,10-11H,6-9H2,1H3,(H,26,32)(H3,24,27,28,29);3-6,11-12H,7-10H2,1-2H3,(H3,19,22,23,24);2-3,8-9H,4-7H2,1H3,(H3,21,22,24,25);2-6H,1H3,(H3,17,19,20,21). The van der Waals surface area contributed by atoms with Gasteiger partial charge in [0, 0.05) is 118 Å². The number of aromatic nitrogens is 17. The molecule has 0 radical (unpaired) electrons. The van der Waals surface area contributed by atoms with Gasteiger partial charge in [0.2, 0.25) is 63.8 Å². The molecule has 3 saturated heterocycles. The minimum atomic E-state index is -4.98. The first-order chi connectivity index (χ1) is 55.5. The van der Waals surface area contributed by atoms with Crippen LogP contribution in [-0.4, -0.2) is 208 Å². The van der Waals surface area contributed by atoms with Crippen molar-refractivity contribution in [2.24, 2.45) is 0 Å². The number of nitrogen functional groups attached to an aromatic ring is 4. The molecule has 3 aliphatic rings. The van der Waals surface area contributed by atoms with E-state index in [0.29, 0.717) is 85.1 Å². The first kappa shape index (κ1) is 82.1. The highest BCUT2D eigenvalue weighted by atomic mass is 32.1. The summed E-state index contributed by atoms with van der Waals surface area (Å²) in [5, 5.41) is 34.0. The first-order valence-corrected chi connectivity index (χ1v) is 36.3. The average Bonchev–Trinajstić information content (AvgIpc) is 1.33. The highest BCUT2D eigenvalue weighted by Gasteiger charge is 2.36. The van der Waals surface area contributed by atoms with Crippen molar-refractivity contribution in [3.8, 4) is 44.9 Å². The molecule has 1 amide bonds.